The van der Waals surface area contributed by atoms with Gasteiger partial charge < -0.3 is 15.0 Å². The molecule has 1 amide bonds. The molecule has 0 spiro atoms. The summed E-state index contributed by atoms with van der Waals surface area (Å²) in [7, 11) is 1.69. The fraction of sp³-hybridized carbons (Fsp3) is 0.562. The van der Waals surface area contributed by atoms with E-state index in [1.54, 1.807) is 13.4 Å². The van der Waals surface area contributed by atoms with Gasteiger partial charge in [0.1, 0.15) is 17.0 Å². The lowest BCUT2D eigenvalue weighted by atomic mass is 10.2. The number of anilines is 1. The number of hydrogen-bond donors (Lipinski definition) is 1. The number of carbonyl (C=O) groups excluding carboxylic acids is 1. The topological polar surface area (TPSA) is 67.4 Å². The molecule has 0 unspecified atom stereocenters. The Kier molecular flexibility index (Phi) is 6.29. The van der Waals surface area contributed by atoms with Crippen LogP contribution in [0, 0.1) is 6.92 Å². The van der Waals surface area contributed by atoms with Crippen LogP contribution >= 0.6 is 11.3 Å². The third-order valence-electron chi connectivity index (χ3n) is 3.79. The predicted octanol–water partition coefficient (Wildman–Crippen LogP) is 2.93. The first-order valence-corrected chi connectivity index (χ1v) is 8.71. The van der Waals surface area contributed by atoms with Gasteiger partial charge in [0.25, 0.3) is 5.91 Å². The van der Waals surface area contributed by atoms with Gasteiger partial charge in [0.05, 0.1) is 10.3 Å². The van der Waals surface area contributed by atoms with Crippen molar-refractivity contribution in [1.82, 2.24) is 14.9 Å². The van der Waals surface area contributed by atoms with E-state index in [2.05, 4.69) is 15.3 Å². The normalized spacial score (nSPS) is 11.0. The Labute approximate surface area is 140 Å². The molecule has 7 heteroatoms. The number of rotatable bonds is 8. The molecule has 0 aliphatic carbocycles. The largest absolute Gasteiger partial charge is 0.385 e. The van der Waals surface area contributed by atoms with E-state index in [1.165, 1.54) is 11.3 Å². The average Bonchev–Trinajstić information content (AvgIpc) is 2.90. The number of nitrogens with one attached hydrogen (secondary N) is 1. The molecule has 0 fully saturated rings. The van der Waals surface area contributed by atoms with Gasteiger partial charge in [-0.05, 0) is 32.8 Å². The highest BCUT2D eigenvalue weighted by Gasteiger charge is 2.22. The Morgan fingerprint density at radius 2 is 2.09 bits per heavy atom. The minimum Gasteiger partial charge on any atom is -0.385 e. The van der Waals surface area contributed by atoms with Crippen molar-refractivity contribution in [1.29, 1.82) is 0 Å². The summed E-state index contributed by atoms with van der Waals surface area (Å²) in [6, 6.07) is 0. The van der Waals surface area contributed by atoms with Gasteiger partial charge in [-0.2, -0.15) is 0 Å². The zero-order chi connectivity index (χ0) is 16.8. The number of hydrogen-bond acceptors (Lipinski definition) is 6. The third-order valence-corrected chi connectivity index (χ3v) is 4.98. The van der Waals surface area contributed by atoms with Gasteiger partial charge in [0, 0.05) is 33.4 Å². The molecule has 0 radical (unpaired) electrons. The van der Waals surface area contributed by atoms with Crippen LogP contribution in [-0.2, 0) is 4.74 Å². The van der Waals surface area contributed by atoms with E-state index in [9.17, 15) is 4.79 Å². The summed E-state index contributed by atoms with van der Waals surface area (Å²) in [5, 5.41) is 4.27. The molecule has 2 aromatic rings. The van der Waals surface area contributed by atoms with Crippen molar-refractivity contribution in [2.75, 3.05) is 38.7 Å². The van der Waals surface area contributed by atoms with Gasteiger partial charge in [0.15, 0.2) is 0 Å². The van der Waals surface area contributed by atoms with Gasteiger partial charge in [-0.3, -0.25) is 4.79 Å². The Morgan fingerprint density at radius 3 is 2.74 bits per heavy atom. The summed E-state index contributed by atoms with van der Waals surface area (Å²) in [4.78, 5) is 24.8. The first-order chi connectivity index (χ1) is 11.1. The van der Waals surface area contributed by atoms with Gasteiger partial charge in [-0.25, -0.2) is 9.97 Å². The molecule has 2 heterocycles. The lowest BCUT2D eigenvalue weighted by Crippen LogP contribution is -2.30. The van der Waals surface area contributed by atoms with Crippen LogP contribution < -0.4 is 5.32 Å². The quantitative estimate of drug-likeness (QED) is 0.751. The van der Waals surface area contributed by atoms with Crippen LogP contribution in [0.3, 0.4) is 0 Å². The number of nitrogens with zero attached hydrogens (tertiary/aromatic N) is 3. The first kappa shape index (κ1) is 17.6. The minimum atomic E-state index is 0.0702. The molecule has 0 aliphatic heterocycles. The summed E-state index contributed by atoms with van der Waals surface area (Å²) in [5.41, 5.74) is 0.955. The van der Waals surface area contributed by atoms with Crippen LogP contribution in [0.1, 0.15) is 35.5 Å². The standard InChI is InChI=1S/C16H24N4O2S/c1-5-20(6-2)16(21)13-11(3)12-14(17-8-7-9-22-4)18-10-19-15(12)23-13/h10H,5-9H2,1-4H3,(H,17,18,19). The van der Waals surface area contributed by atoms with E-state index in [-0.39, 0.29) is 5.91 Å². The van der Waals surface area contributed by atoms with Crippen LogP contribution in [0.4, 0.5) is 5.82 Å². The molecule has 0 aromatic carbocycles. The molecule has 0 aliphatic rings. The highest BCUT2D eigenvalue weighted by molar-refractivity contribution is 7.20. The van der Waals surface area contributed by atoms with E-state index < -0.39 is 0 Å². The molecular formula is C16H24N4O2S. The maximum absolute atomic E-state index is 12.7. The maximum Gasteiger partial charge on any atom is 0.264 e. The Morgan fingerprint density at radius 1 is 1.35 bits per heavy atom. The fourth-order valence-corrected chi connectivity index (χ4v) is 3.60. The number of thiophene rings is 1. The predicted molar refractivity (Wildman–Crippen MR) is 94.4 cm³/mol. The molecule has 0 saturated carbocycles. The van der Waals surface area contributed by atoms with Crippen LogP contribution in [-0.4, -0.2) is 54.1 Å². The van der Waals surface area contributed by atoms with E-state index in [4.69, 9.17) is 4.74 Å². The van der Waals surface area contributed by atoms with Crippen molar-refractivity contribution in [2.24, 2.45) is 0 Å². The van der Waals surface area contributed by atoms with Crippen molar-refractivity contribution >= 4 is 33.3 Å². The lowest BCUT2D eigenvalue weighted by molar-refractivity contribution is 0.0777. The second-order valence-electron chi connectivity index (χ2n) is 5.21. The first-order valence-electron chi connectivity index (χ1n) is 7.90. The summed E-state index contributed by atoms with van der Waals surface area (Å²) in [6.07, 6.45) is 2.44. The average molecular weight is 336 g/mol. The summed E-state index contributed by atoms with van der Waals surface area (Å²) >= 11 is 1.44. The van der Waals surface area contributed by atoms with Crippen molar-refractivity contribution < 1.29 is 9.53 Å². The lowest BCUT2D eigenvalue weighted by Gasteiger charge is -2.17. The Bertz CT molecular complexity index is 667. The van der Waals surface area contributed by atoms with Crippen molar-refractivity contribution in [3.05, 3.63) is 16.8 Å². The van der Waals surface area contributed by atoms with Crippen molar-refractivity contribution in [3.63, 3.8) is 0 Å². The zero-order valence-corrected chi connectivity index (χ0v) is 15.0. The number of aryl methyl sites for hydroxylation is 1. The van der Waals surface area contributed by atoms with E-state index >= 15 is 0 Å². The van der Waals surface area contributed by atoms with Crippen molar-refractivity contribution in [3.8, 4) is 0 Å². The Balaban J connectivity index is 2.32. The number of amides is 1. The molecule has 0 saturated heterocycles. The SMILES string of the molecule is CCN(CC)C(=O)c1sc2ncnc(NCCCOC)c2c1C. The summed E-state index contributed by atoms with van der Waals surface area (Å²) in [5.74, 6) is 0.860. The summed E-state index contributed by atoms with van der Waals surface area (Å²) in [6.45, 7) is 8.84. The third kappa shape index (κ3) is 3.79. The smallest absolute Gasteiger partial charge is 0.264 e. The molecule has 1 N–H and O–H groups in total. The fourth-order valence-electron chi connectivity index (χ4n) is 2.49. The van der Waals surface area contributed by atoms with Gasteiger partial charge in [-0.15, -0.1) is 11.3 Å². The number of carbonyl (C=O) groups is 1. The molecule has 0 atom stereocenters. The number of ether oxygens (including phenoxy) is 1. The number of fused-ring (bicyclic) bond motifs is 1. The molecule has 126 valence electrons. The maximum atomic E-state index is 12.7. The van der Waals surface area contributed by atoms with E-state index in [0.29, 0.717) is 19.7 Å². The number of methoxy groups -OCH3 is 1. The zero-order valence-electron chi connectivity index (χ0n) is 14.2. The second kappa shape index (κ2) is 8.21. The molecule has 2 rings (SSSR count). The molecule has 0 bridgehead atoms. The molecular weight excluding hydrogens is 312 g/mol. The highest BCUT2D eigenvalue weighted by Crippen LogP contribution is 2.33. The van der Waals surface area contributed by atoms with Crippen molar-refractivity contribution in [2.45, 2.75) is 27.2 Å². The van der Waals surface area contributed by atoms with Gasteiger partial charge >= 0.3 is 0 Å². The molecule has 23 heavy (non-hydrogen) atoms. The molecule has 6 nitrogen and oxygen atoms in total. The number of aromatic nitrogens is 2. The minimum absolute atomic E-state index is 0.0702. The summed E-state index contributed by atoms with van der Waals surface area (Å²) < 4.78 is 5.06. The van der Waals surface area contributed by atoms with Crippen LogP contribution in [0.2, 0.25) is 0 Å². The highest BCUT2D eigenvalue weighted by atomic mass is 32.1. The van der Waals surface area contributed by atoms with Crippen LogP contribution in [0.5, 0.6) is 0 Å². The van der Waals surface area contributed by atoms with Crippen LogP contribution in [0.15, 0.2) is 6.33 Å². The van der Waals surface area contributed by atoms with E-state index in [1.807, 2.05) is 25.7 Å². The van der Waals surface area contributed by atoms with E-state index in [0.717, 1.165) is 39.4 Å². The van der Waals surface area contributed by atoms with Gasteiger partial charge in [0.2, 0.25) is 0 Å². The van der Waals surface area contributed by atoms with Crippen LogP contribution in [0.25, 0.3) is 10.2 Å². The second-order valence-corrected chi connectivity index (χ2v) is 6.21. The monoisotopic (exact) mass is 336 g/mol. The van der Waals surface area contributed by atoms with Gasteiger partial charge in [-0.1, -0.05) is 0 Å². The molecule has 2 aromatic heterocycles. The Hall–Kier alpha value is -1.73.